The smallest absolute Gasteiger partial charge is 0.411 e. The summed E-state index contributed by atoms with van der Waals surface area (Å²) in [6.07, 6.45) is 2.06. The first kappa shape index (κ1) is 21.2. The summed E-state index contributed by atoms with van der Waals surface area (Å²) in [6, 6.07) is 14.5. The second kappa shape index (κ2) is 8.02. The predicted octanol–water partition coefficient (Wildman–Crippen LogP) is 2.61. The van der Waals surface area contributed by atoms with Gasteiger partial charge in [0.15, 0.2) is 5.11 Å². The summed E-state index contributed by atoms with van der Waals surface area (Å²) < 4.78 is 28.5. The van der Waals surface area contributed by atoms with Gasteiger partial charge in [0.25, 0.3) is 0 Å². The van der Waals surface area contributed by atoms with Crippen LogP contribution in [-0.4, -0.2) is 54.7 Å². The van der Waals surface area contributed by atoms with Gasteiger partial charge in [-0.25, -0.2) is 18.4 Å². The van der Waals surface area contributed by atoms with Gasteiger partial charge >= 0.3 is 6.09 Å². The number of likely N-dealkylation sites (tertiary alicyclic amines) is 1. The summed E-state index contributed by atoms with van der Waals surface area (Å²) in [5.41, 5.74) is 3.15. The van der Waals surface area contributed by atoms with Crippen LogP contribution in [0, 0.1) is 0 Å². The van der Waals surface area contributed by atoms with Gasteiger partial charge in [-0.05, 0) is 60.5 Å². The molecule has 168 valence electrons. The van der Waals surface area contributed by atoms with Gasteiger partial charge in [-0.15, -0.1) is 0 Å². The summed E-state index contributed by atoms with van der Waals surface area (Å²) >= 11 is 5.55. The molecule has 0 aromatic heterocycles. The monoisotopic (exact) mass is 472 g/mol. The highest BCUT2D eigenvalue weighted by Crippen LogP contribution is 2.44. The molecule has 3 N–H and O–H groups in total. The number of piperidine rings is 1. The van der Waals surface area contributed by atoms with E-state index in [-0.39, 0.29) is 29.2 Å². The van der Waals surface area contributed by atoms with Crippen molar-refractivity contribution in [3.8, 4) is 0 Å². The number of ether oxygens (including phenoxy) is 1. The molecular formula is C22H24N4O4S2. The third-order valence-electron chi connectivity index (χ3n) is 6.49. The number of sulfonamides is 1. The third-order valence-corrected chi connectivity index (χ3v) is 7.78. The van der Waals surface area contributed by atoms with Gasteiger partial charge < -0.3 is 15.0 Å². The van der Waals surface area contributed by atoms with Crippen molar-refractivity contribution in [1.29, 1.82) is 0 Å². The molecule has 2 aromatic carbocycles. The van der Waals surface area contributed by atoms with E-state index >= 15 is 0 Å². The van der Waals surface area contributed by atoms with Crippen molar-refractivity contribution in [3.63, 3.8) is 0 Å². The number of fused-ring (bicyclic) bond motifs is 3. The first-order valence-corrected chi connectivity index (χ1v) is 12.5. The van der Waals surface area contributed by atoms with E-state index in [1.165, 1.54) is 23.3 Å². The van der Waals surface area contributed by atoms with Crippen LogP contribution in [0.2, 0.25) is 0 Å². The van der Waals surface area contributed by atoms with Gasteiger partial charge in [0.1, 0.15) is 6.10 Å². The first-order chi connectivity index (χ1) is 15.3. The maximum Gasteiger partial charge on any atom is 0.411 e. The van der Waals surface area contributed by atoms with E-state index in [1.54, 1.807) is 12.1 Å². The Labute approximate surface area is 192 Å². The summed E-state index contributed by atoms with van der Waals surface area (Å²) in [6.45, 7) is 1.43. The summed E-state index contributed by atoms with van der Waals surface area (Å²) in [4.78, 5) is 16.7. The molecule has 5 rings (SSSR count). The summed E-state index contributed by atoms with van der Waals surface area (Å²) in [5.74, 6) is 0. The van der Waals surface area contributed by atoms with E-state index in [1.807, 2.05) is 17.0 Å². The highest BCUT2D eigenvalue weighted by atomic mass is 32.2. The predicted molar refractivity (Wildman–Crippen MR) is 124 cm³/mol. The lowest BCUT2D eigenvalue weighted by Crippen LogP contribution is -2.48. The Morgan fingerprint density at radius 3 is 2.47 bits per heavy atom. The van der Waals surface area contributed by atoms with E-state index < -0.39 is 10.0 Å². The lowest BCUT2D eigenvalue weighted by molar-refractivity contribution is 0.118. The van der Waals surface area contributed by atoms with Crippen LogP contribution in [0.25, 0.3) is 0 Å². The molecule has 0 radical (unpaired) electrons. The van der Waals surface area contributed by atoms with E-state index in [0.717, 1.165) is 19.3 Å². The zero-order valence-electron chi connectivity index (χ0n) is 17.3. The fourth-order valence-electron chi connectivity index (χ4n) is 4.93. The Kier molecular flexibility index (Phi) is 5.31. The molecule has 1 amide bonds. The number of carbonyl (C=O) groups excluding carboxylic acids is 1. The van der Waals surface area contributed by atoms with Gasteiger partial charge in [-0.3, -0.25) is 4.90 Å². The molecule has 0 saturated carbocycles. The molecular weight excluding hydrogens is 448 g/mol. The minimum Gasteiger partial charge on any atom is -0.443 e. The maximum atomic E-state index is 12.7. The fraction of sp³-hybridized carbons (Fsp3) is 0.364. The summed E-state index contributed by atoms with van der Waals surface area (Å²) in [5, 5.41) is 8.86. The number of benzene rings is 2. The number of amides is 1. The molecule has 10 heteroatoms. The average molecular weight is 473 g/mol. The fourth-order valence-corrected chi connectivity index (χ4v) is 5.75. The molecule has 32 heavy (non-hydrogen) atoms. The molecule has 0 spiro atoms. The standard InChI is InChI=1S/C22H24N4O4S2/c23-32(28,29)17-7-5-15(6-8-17)24-21(31)25-11-9-16(10-12-25)26-20-18-4-2-1-3-14(18)13-19(20)30-22(26)27/h1-8,16,19-20H,9-13H2,(H,24,31)(H2,23,28,29)/t19-,20+/m0/s1. The van der Waals surface area contributed by atoms with Gasteiger partial charge in [0.05, 0.1) is 10.9 Å². The van der Waals surface area contributed by atoms with Crippen LogP contribution >= 0.6 is 12.2 Å². The number of nitrogens with zero attached hydrogens (tertiary/aromatic N) is 2. The van der Waals surface area contributed by atoms with Crippen molar-refractivity contribution in [2.75, 3.05) is 18.4 Å². The van der Waals surface area contributed by atoms with Gasteiger partial charge in [0, 0.05) is 31.2 Å². The molecule has 8 nitrogen and oxygen atoms in total. The number of rotatable bonds is 3. The number of nitrogens with two attached hydrogens (primary N) is 1. The molecule has 3 aliphatic rings. The van der Waals surface area contributed by atoms with Crippen LogP contribution in [0.15, 0.2) is 53.4 Å². The van der Waals surface area contributed by atoms with Gasteiger partial charge in [0.2, 0.25) is 10.0 Å². The van der Waals surface area contributed by atoms with E-state index in [9.17, 15) is 13.2 Å². The van der Waals surface area contributed by atoms with Crippen molar-refractivity contribution in [3.05, 3.63) is 59.7 Å². The second-order valence-corrected chi connectivity index (χ2v) is 10.3. The minimum atomic E-state index is -3.73. The molecule has 2 aromatic rings. The number of primary sulfonamides is 1. The molecule has 0 bridgehead atoms. The van der Waals surface area contributed by atoms with Crippen molar-refractivity contribution < 1.29 is 17.9 Å². The molecule has 2 saturated heterocycles. The highest BCUT2D eigenvalue weighted by Gasteiger charge is 2.50. The summed E-state index contributed by atoms with van der Waals surface area (Å²) in [7, 11) is -3.73. The molecule has 0 unspecified atom stereocenters. The number of carbonyl (C=O) groups is 1. The Balaban J connectivity index is 1.22. The van der Waals surface area contributed by atoms with Crippen molar-refractivity contribution in [1.82, 2.24) is 9.80 Å². The second-order valence-electron chi connectivity index (χ2n) is 8.40. The zero-order chi connectivity index (χ0) is 22.5. The molecule has 2 atom stereocenters. The van der Waals surface area contributed by atoms with Crippen LogP contribution in [0.1, 0.15) is 30.0 Å². The molecule has 2 aliphatic heterocycles. The van der Waals surface area contributed by atoms with Crippen LogP contribution in [0.5, 0.6) is 0 Å². The number of hydrogen-bond donors (Lipinski definition) is 2. The van der Waals surface area contributed by atoms with Crippen LogP contribution in [-0.2, 0) is 21.2 Å². The van der Waals surface area contributed by atoms with Gasteiger partial charge in [-0.1, -0.05) is 24.3 Å². The Hall–Kier alpha value is -2.69. The normalized spacial score (nSPS) is 23.0. The molecule has 2 heterocycles. The van der Waals surface area contributed by atoms with Crippen molar-refractivity contribution in [2.24, 2.45) is 5.14 Å². The van der Waals surface area contributed by atoms with E-state index in [4.69, 9.17) is 22.1 Å². The topological polar surface area (TPSA) is 105 Å². The minimum absolute atomic E-state index is 0.00216. The van der Waals surface area contributed by atoms with Crippen LogP contribution < -0.4 is 10.5 Å². The van der Waals surface area contributed by atoms with Crippen molar-refractivity contribution in [2.45, 2.75) is 42.3 Å². The maximum absolute atomic E-state index is 12.7. The lowest BCUT2D eigenvalue weighted by atomic mass is 9.99. The number of nitrogens with one attached hydrogen (secondary N) is 1. The van der Waals surface area contributed by atoms with E-state index in [0.29, 0.717) is 23.9 Å². The number of anilines is 1. The lowest BCUT2D eigenvalue weighted by Gasteiger charge is -2.38. The number of hydrogen-bond acceptors (Lipinski definition) is 5. The SMILES string of the molecule is NS(=O)(=O)c1ccc(NC(=S)N2CCC(N3C(=O)O[C@H]4Cc5ccccc5[C@H]43)CC2)cc1. The largest absolute Gasteiger partial charge is 0.443 e. The zero-order valence-corrected chi connectivity index (χ0v) is 18.9. The van der Waals surface area contributed by atoms with Crippen molar-refractivity contribution >= 4 is 39.1 Å². The Morgan fingerprint density at radius 1 is 1.09 bits per heavy atom. The Morgan fingerprint density at radius 2 is 1.78 bits per heavy atom. The Bertz CT molecular complexity index is 1160. The van der Waals surface area contributed by atoms with Gasteiger partial charge in [-0.2, -0.15) is 0 Å². The first-order valence-electron chi connectivity index (χ1n) is 10.6. The molecule has 1 aliphatic carbocycles. The molecule has 2 fully saturated rings. The van der Waals surface area contributed by atoms with Crippen LogP contribution in [0.3, 0.4) is 0 Å². The highest BCUT2D eigenvalue weighted by molar-refractivity contribution is 7.89. The third kappa shape index (κ3) is 3.82. The average Bonchev–Trinajstić information content (AvgIpc) is 3.28. The van der Waals surface area contributed by atoms with E-state index in [2.05, 4.69) is 22.3 Å². The quantitative estimate of drug-likeness (QED) is 0.662. The van der Waals surface area contributed by atoms with Crippen LogP contribution in [0.4, 0.5) is 10.5 Å². The number of thiocarbonyl (C=S) groups is 1.